The van der Waals surface area contributed by atoms with Crippen molar-refractivity contribution >= 4 is 0 Å². The van der Waals surface area contributed by atoms with Crippen LogP contribution < -0.4 is 4.74 Å². The van der Waals surface area contributed by atoms with Gasteiger partial charge in [-0.15, -0.1) is 0 Å². The normalized spacial score (nSPS) is 15.0. The van der Waals surface area contributed by atoms with E-state index in [4.69, 9.17) is 9.84 Å². The third-order valence-electron chi connectivity index (χ3n) is 2.05. The van der Waals surface area contributed by atoms with Crippen molar-refractivity contribution in [3.05, 3.63) is 17.7 Å². The van der Waals surface area contributed by atoms with Crippen LogP contribution in [0, 0.1) is 0 Å². The lowest BCUT2D eigenvalue weighted by molar-refractivity contribution is 0.281. The van der Waals surface area contributed by atoms with Gasteiger partial charge in [-0.2, -0.15) is 0 Å². The average Bonchev–Trinajstić information content (AvgIpc) is 2.12. The molecule has 0 amide bonds. The molecule has 1 aliphatic heterocycles. The first-order valence-corrected chi connectivity index (χ1v) is 3.95. The third-order valence-corrected chi connectivity index (χ3v) is 2.05. The molecule has 3 nitrogen and oxygen atoms in total. The molecule has 3 heteroatoms. The average molecular weight is 166 g/mol. The number of rotatable bonds is 0. The van der Waals surface area contributed by atoms with Crippen molar-refractivity contribution in [2.75, 3.05) is 6.61 Å². The minimum atomic E-state index is -0.0701. The highest BCUT2D eigenvalue weighted by Crippen LogP contribution is 2.38. The summed E-state index contributed by atoms with van der Waals surface area (Å²) in [6, 6.07) is 3.13. The Labute approximate surface area is 70.2 Å². The van der Waals surface area contributed by atoms with Crippen LogP contribution >= 0.6 is 0 Å². The predicted molar refractivity (Wildman–Crippen MR) is 43.6 cm³/mol. The maximum Gasteiger partial charge on any atom is 0.164 e. The van der Waals surface area contributed by atoms with Crippen LogP contribution in [0.3, 0.4) is 0 Å². The smallest absolute Gasteiger partial charge is 0.164 e. The number of phenolic OH excluding ortho intramolecular Hbond substituents is 2. The maximum absolute atomic E-state index is 9.41. The van der Waals surface area contributed by atoms with Crippen LogP contribution in [-0.2, 0) is 6.42 Å². The van der Waals surface area contributed by atoms with E-state index in [9.17, 15) is 5.11 Å². The van der Waals surface area contributed by atoms with Crippen LogP contribution in [0.5, 0.6) is 17.2 Å². The fourth-order valence-corrected chi connectivity index (χ4v) is 1.41. The van der Waals surface area contributed by atoms with Crippen molar-refractivity contribution in [3.8, 4) is 17.2 Å². The van der Waals surface area contributed by atoms with Crippen LogP contribution in [0.15, 0.2) is 12.1 Å². The van der Waals surface area contributed by atoms with Crippen molar-refractivity contribution in [2.24, 2.45) is 0 Å². The Morgan fingerprint density at radius 1 is 1.25 bits per heavy atom. The largest absolute Gasteiger partial charge is 0.504 e. The van der Waals surface area contributed by atoms with Crippen LogP contribution in [0.2, 0.25) is 0 Å². The first kappa shape index (κ1) is 7.28. The molecular weight excluding hydrogens is 156 g/mol. The molecule has 2 N–H and O–H groups in total. The van der Waals surface area contributed by atoms with E-state index in [2.05, 4.69) is 0 Å². The fourth-order valence-electron chi connectivity index (χ4n) is 1.41. The molecule has 0 atom stereocenters. The highest BCUT2D eigenvalue weighted by atomic mass is 16.5. The molecule has 0 radical (unpaired) electrons. The molecule has 2 rings (SSSR count). The molecule has 1 aromatic carbocycles. The highest BCUT2D eigenvalue weighted by molar-refractivity contribution is 5.52. The van der Waals surface area contributed by atoms with Gasteiger partial charge in [0.1, 0.15) is 5.75 Å². The molecule has 1 aliphatic rings. The van der Waals surface area contributed by atoms with Crippen molar-refractivity contribution in [1.82, 2.24) is 0 Å². The molecule has 0 spiro atoms. The van der Waals surface area contributed by atoms with E-state index in [1.165, 1.54) is 6.07 Å². The zero-order valence-electron chi connectivity index (χ0n) is 6.58. The Morgan fingerprint density at radius 2 is 2.08 bits per heavy atom. The van der Waals surface area contributed by atoms with Crippen molar-refractivity contribution in [3.63, 3.8) is 0 Å². The van der Waals surface area contributed by atoms with E-state index in [1.54, 1.807) is 6.07 Å². The van der Waals surface area contributed by atoms with Gasteiger partial charge in [0.2, 0.25) is 0 Å². The van der Waals surface area contributed by atoms with E-state index < -0.39 is 0 Å². The Hall–Kier alpha value is -1.38. The van der Waals surface area contributed by atoms with Gasteiger partial charge in [0.15, 0.2) is 11.5 Å². The summed E-state index contributed by atoms with van der Waals surface area (Å²) in [5.74, 6) is 0.586. The van der Waals surface area contributed by atoms with Gasteiger partial charge in [-0.3, -0.25) is 0 Å². The number of fused-ring (bicyclic) bond motifs is 1. The van der Waals surface area contributed by atoms with Gasteiger partial charge in [-0.1, -0.05) is 0 Å². The van der Waals surface area contributed by atoms with Gasteiger partial charge in [-0.25, -0.2) is 0 Å². The number of hydrogen-bond donors (Lipinski definition) is 2. The zero-order chi connectivity index (χ0) is 8.55. The molecular formula is C9H10O3. The molecule has 0 aromatic heterocycles. The summed E-state index contributed by atoms with van der Waals surface area (Å²) in [5, 5.41) is 18.6. The Bertz CT molecular complexity index is 307. The van der Waals surface area contributed by atoms with Gasteiger partial charge in [0.25, 0.3) is 0 Å². The van der Waals surface area contributed by atoms with E-state index in [0.29, 0.717) is 12.4 Å². The molecule has 0 saturated heterocycles. The number of ether oxygens (including phenoxy) is 1. The second kappa shape index (κ2) is 2.59. The lowest BCUT2D eigenvalue weighted by atomic mass is 10.1. The molecule has 0 unspecified atom stereocenters. The van der Waals surface area contributed by atoms with Crippen LogP contribution in [0.25, 0.3) is 0 Å². The predicted octanol–water partition coefficient (Wildman–Crippen LogP) is 1.42. The summed E-state index contributed by atoms with van der Waals surface area (Å²) < 4.78 is 5.29. The Kier molecular flexibility index (Phi) is 1.57. The summed E-state index contributed by atoms with van der Waals surface area (Å²) in [5.41, 5.74) is 0.723. The van der Waals surface area contributed by atoms with E-state index in [0.717, 1.165) is 18.4 Å². The Balaban J connectivity index is 2.54. The maximum atomic E-state index is 9.41. The highest BCUT2D eigenvalue weighted by Gasteiger charge is 2.16. The second-order valence-corrected chi connectivity index (χ2v) is 2.86. The van der Waals surface area contributed by atoms with Crippen molar-refractivity contribution in [1.29, 1.82) is 0 Å². The van der Waals surface area contributed by atoms with Gasteiger partial charge < -0.3 is 14.9 Å². The van der Waals surface area contributed by atoms with E-state index >= 15 is 0 Å². The molecule has 64 valence electrons. The number of phenols is 2. The molecule has 0 bridgehead atoms. The molecule has 0 aliphatic carbocycles. The molecule has 1 aromatic rings. The van der Waals surface area contributed by atoms with E-state index in [1.807, 2.05) is 0 Å². The van der Waals surface area contributed by atoms with Gasteiger partial charge in [-0.05, 0) is 25.0 Å². The SMILES string of the molecule is Oc1ccc2c(c1O)CCCO2. The Morgan fingerprint density at radius 3 is 2.92 bits per heavy atom. The lowest BCUT2D eigenvalue weighted by Crippen LogP contribution is -2.08. The minimum Gasteiger partial charge on any atom is -0.504 e. The fraction of sp³-hybridized carbons (Fsp3) is 0.333. The van der Waals surface area contributed by atoms with Crippen molar-refractivity contribution in [2.45, 2.75) is 12.8 Å². The van der Waals surface area contributed by atoms with Crippen LogP contribution in [0.1, 0.15) is 12.0 Å². The number of aromatic hydroxyl groups is 2. The zero-order valence-corrected chi connectivity index (χ0v) is 6.58. The van der Waals surface area contributed by atoms with Crippen molar-refractivity contribution < 1.29 is 14.9 Å². The number of hydrogen-bond acceptors (Lipinski definition) is 3. The van der Waals surface area contributed by atoms with E-state index in [-0.39, 0.29) is 11.5 Å². The summed E-state index contributed by atoms with van der Waals surface area (Å²) in [4.78, 5) is 0. The quantitative estimate of drug-likeness (QED) is 0.573. The van der Waals surface area contributed by atoms with Gasteiger partial charge in [0.05, 0.1) is 6.61 Å². The van der Waals surface area contributed by atoms with Gasteiger partial charge >= 0.3 is 0 Å². The van der Waals surface area contributed by atoms with Crippen LogP contribution in [0.4, 0.5) is 0 Å². The second-order valence-electron chi connectivity index (χ2n) is 2.86. The monoisotopic (exact) mass is 166 g/mol. The summed E-state index contributed by atoms with van der Waals surface area (Å²) in [6.45, 7) is 0.692. The molecule has 0 saturated carbocycles. The summed E-state index contributed by atoms with van der Waals surface area (Å²) in [6.07, 6.45) is 1.67. The topological polar surface area (TPSA) is 49.7 Å². The molecule has 12 heavy (non-hydrogen) atoms. The van der Waals surface area contributed by atoms with Crippen LogP contribution in [-0.4, -0.2) is 16.8 Å². The molecule has 1 heterocycles. The van der Waals surface area contributed by atoms with Gasteiger partial charge in [0, 0.05) is 5.56 Å². The number of benzene rings is 1. The standard InChI is InChI=1S/C9H10O3/c10-7-3-4-8-6(9(7)11)2-1-5-12-8/h3-4,10-11H,1-2,5H2. The molecule has 0 fully saturated rings. The third kappa shape index (κ3) is 0.978. The summed E-state index contributed by atoms with van der Waals surface area (Å²) >= 11 is 0. The minimum absolute atomic E-state index is 0.0350. The lowest BCUT2D eigenvalue weighted by Gasteiger charge is -2.18. The first-order chi connectivity index (χ1) is 5.79. The first-order valence-electron chi connectivity index (χ1n) is 3.95. The summed E-state index contributed by atoms with van der Waals surface area (Å²) in [7, 11) is 0.